The van der Waals surface area contributed by atoms with E-state index in [2.05, 4.69) is 24.9 Å². The largest absolute Gasteiger partial charge is 0.508 e. The fourth-order valence-corrected chi connectivity index (χ4v) is 6.10. The molecule has 3 unspecified atom stereocenters. The van der Waals surface area contributed by atoms with E-state index in [-0.39, 0.29) is 11.5 Å². The SMILES string of the molecule is CCC12CCCCC1(O)C(N(C)CC1CCC1)Cc1ccc(O)cc12. The zero-order valence-electron chi connectivity index (χ0n) is 15.8. The van der Waals surface area contributed by atoms with Crippen LogP contribution in [0, 0.1) is 5.92 Å². The summed E-state index contributed by atoms with van der Waals surface area (Å²) in [5.74, 6) is 1.15. The second-order valence-corrected chi connectivity index (χ2v) is 8.86. The quantitative estimate of drug-likeness (QED) is 0.868. The van der Waals surface area contributed by atoms with Gasteiger partial charge in [0.2, 0.25) is 0 Å². The zero-order chi connectivity index (χ0) is 17.7. The summed E-state index contributed by atoms with van der Waals surface area (Å²) in [6, 6.07) is 6.04. The molecule has 0 amide bonds. The summed E-state index contributed by atoms with van der Waals surface area (Å²) in [4.78, 5) is 2.47. The highest BCUT2D eigenvalue weighted by molar-refractivity contribution is 5.47. The lowest BCUT2D eigenvalue weighted by Crippen LogP contribution is -2.68. The van der Waals surface area contributed by atoms with Crippen LogP contribution in [0.3, 0.4) is 0 Å². The number of phenols is 1. The van der Waals surface area contributed by atoms with Crippen molar-refractivity contribution in [1.82, 2.24) is 4.90 Å². The zero-order valence-corrected chi connectivity index (χ0v) is 15.8. The Morgan fingerprint density at radius 2 is 1.92 bits per heavy atom. The summed E-state index contributed by atoms with van der Waals surface area (Å²) in [5, 5.41) is 22.2. The number of hydrogen-bond acceptors (Lipinski definition) is 3. The van der Waals surface area contributed by atoms with Gasteiger partial charge in [0.15, 0.2) is 0 Å². The number of aliphatic hydroxyl groups is 1. The molecule has 138 valence electrons. The summed E-state index contributed by atoms with van der Waals surface area (Å²) in [7, 11) is 2.22. The van der Waals surface area contributed by atoms with E-state index in [1.807, 2.05) is 12.1 Å². The first-order valence-corrected chi connectivity index (χ1v) is 10.2. The van der Waals surface area contributed by atoms with Crippen LogP contribution in [0.5, 0.6) is 5.75 Å². The molecule has 0 saturated heterocycles. The minimum Gasteiger partial charge on any atom is -0.508 e. The number of fused-ring (bicyclic) bond motifs is 3. The molecular weight excluding hydrogens is 310 g/mol. The molecule has 2 N–H and O–H groups in total. The second-order valence-electron chi connectivity index (χ2n) is 8.86. The number of rotatable bonds is 4. The second kappa shape index (κ2) is 6.28. The van der Waals surface area contributed by atoms with Gasteiger partial charge >= 0.3 is 0 Å². The number of hydrogen-bond donors (Lipinski definition) is 2. The number of aromatic hydroxyl groups is 1. The Bertz CT molecular complexity index is 641. The molecule has 0 radical (unpaired) electrons. The number of benzene rings is 1. The Balaban J connectivity index is 1.77. The highest BCUT2D eigenvalue weighted by Gasteiger charge is 2.59. The van der Waals surface area contributed by atoms with Crippen molar-refractivity contribution in [1.29, 1.82) is 0 Å². The van der Waals surface area contributed by atoms with Crippen molar-refractivity contribution in [3.05, 3.63) is 29.3 Å². The van der Waals surface area contributed by atoms with Gasteiger partial charge in [0.25, 0.3) is 0 Å². The van der Waals surface area contributed by atoms with Crippen LogP contribution in [-0.4, -0.2) is 40.3 Å². The summed E-state index contributed by atoms with van der Waals surface area (Å²) in [5.41, 5.74) is 1.65. The fraction of sp³-hybridized carbons (Fsp3) is 0.727. The predicted molar refractivity (Wildman–Crippen MR) is 101 cm³/mol. The van der Waals surface area contributed by atoms with E-state index in [1.165, 1.54) is 36.8 Å². The van der Waals surface area contributed by atoms with E-state index in [0.717, 1.165) is 44.6 Å². The molecule has 1 aromatic carbocycles. The minimum atomic E-state index is -0.681. The fourth-order valence-electron chi connectivity index (χ4n) is 6.10. The minimum absolute atomic E-state index is 0.186. The van der Waals surface area contributed by atoms with Gasteiger partial charge in [-0.3, -0.25) is 4.90 Å². The maximum Gasteiger partial charge on any atom is 0.115 e. The van der Waals surface area contributed by atoms with E-state index >= 15 is 0 Å². The molecule has 0 aromatic heterocycles. The third-order valence-electron chi connectivity index (χ3n) is 7.72. The van der Waals surface area contributed by atoms with Crippen molar-refractivity contribution in [3.63, 3.8) is 0 Å². The van der Waals surface area contributed by atoms with Crippen LogP contribution in [-0.2, 0) is 11.8 Å². The van der Waals surface area contributed by atoms with Crippen LogP contribution in [0.15, 0.2) is 18.2 Å². The van der Waals surface area contributed by atoms with Gasteiger partial charge in [-0.05, 0) is 74.8 Å². The highest BCUT2D eigenvalue weighted by atomic mass is 16.3. The molecule has 1 aromatic rings. The number of phenolic OH excluding ortho intramolecular Hbond substituents is 1. The topological polar surface area (TPSA) is 43.7 Å². The van der Waals surface area contributed by atoms with Crippen molar-refractivity contribution in [2.75, 3.05) is 13.6 Å². The molecule has 0 heterocycles. The van der Waals surface area contributed by atoms with E-state index in [4.69, 9.17) is 0 Å². The van der Waals surface area contributed by atoms with Crippen molar-refractivity contribution in [2.45, 2.75) is 81.8 Å². The number of nitrogens with zero attached hydrogens (tertiary/aromatic N) is 1. The van der Waals surface area contributed by atoms with Crippen LogP contribution < -0.4 is 0 Å². The van der Waals surface area contributed by atoms with Gasteiger partial charge in [0.1, 0.15) is 5.75 Å². The Morgan fingerprint density at radius 3 is 2.60 bits per heavy atom. The monoisotopic (exact) mass is 343 g/mol. The van der Waals surface area contributed by atoms with Crippen molar-refractivity contribution in [2.24, 2.45) is 5.92 Å². The van der Waals surface area contributed by atoms with Gasteiger partial charge in [-0.2, -0.15) is 0 Å². The Hall–Kier alpha value is -1.06. The van der Waals surface area contributed by atoms with Crippen LogP contribution in [0.25, 0.3) is 0 Å². The smallest absolute Gasteiger partial charge is 0.115 e. The summed E-state index contributed by atoms with van der Waals surface area (Å²) >= 11 is 0. The van der Waals surface area contributed by atoms with Crippen molar-refractivity contribution < 1.29 is 10.2 Å². The Labute approximate surface area is 152 Å². The standard InChI is InChI=1S/C22H33NO2/c1-3-21-11-4-5-12-22(21,25)20(23(2)15-16-7-6-8-16)13-17-9-10-18(24)14-19(17)21/h9-10,14,16,20,24-25H,3-8,11-13,15H2,1-2H3. The molecular formula is C22H33NO2. The molecule has 3 aliphatic rings. The third kappa shape index (κ3) is 2.54. The van der Waals surface area contributed by atoms with Gasteiger partial charge in [-0.15, -0.1) is 0 Å². The van der Waals surface area contributed by atoms with Gasteiger partial charge < -0.3 is 10.2 Å². The molecule has 3 heteroatoms. The molecule has 3 nitrogen and oxygen atoms in total. The van der Waals surface area contributed by atoms with Gasteiger partial charge in [-0.1, -0.05) is 32.3 Å². The van der Waals surface area contributed by atoms with E-state index in [0.29, 0.717) is 5.75 Å². The summed E-state index contributed by atoms with van der Waals surface area (Å²) in [6.07, 6.45) is 10.1. The summed E-state index contributed by atoms with van der Waals surface area (Å²) in [6.45, 7) is 3.33. The maximum atomic E-state index is 12.1. The van der Waals surface area contributed by atoms with Gasteiger partial charge in [-0.25, -0.2) is 0 Å². The van der Waals surface area contributed by atoms with Gasteiger partial charge in [0.05, 0.1) is 5.60 Å². The normalized spacial score (nSPS) is 35.1. The Morgan fingerprint density at radius 1 is 1.16 bits per heavy atom. The maximum absolute atomic E-state index is 12.1. The molecule has 3 aliphatic carbocycles. The predicted octanol–water partition coefficient (Wildman–Crippen LogP) is 4.00. The van der Waals surface area contributed by atoms with E-state index < -0.39 is 5.60 Å². The lowest BCUT2D eigenvalue weighted by atomic mass is 9.51. The van der Waals surface area contributed by atoms with E-state index in [9.17, 15) is 10.2 Å². The lowest BCUT2D eigenvalue weighted by molar-refractivity contribution is -0.136. The van der Waals surface area contributed by atoms with E-state index in [1.54, 1.807) is 0 Å². The van der Waals surface area contributed by atoms with Crippen molar-refractivity contribution >= 4 is 0 Å². The first kappa shape index (κ1) is 17.4. The average molecular weight is 344 g/mol. The molecule has 2 fully saturated rings. The van der Waals surface area contributed by atoms with Crippen LogP contribution in [0.4, 0.5) is 0 Å². The van der Waals surface area contributed by atoms with Crippen LogP contribution >= 0.6 is 0 Å². The molecule has 2 saturated carbocycles. The molecule has 0 aliphatic heterocycles. The molecule has 25 heavy (non-hydrogen) atoms. The first-order valence-electron chi connectivity index (χ1n) is 10.2. The average Bonchev–Trinajstić information content (AvgIpc) is 2.57. The third-order valence-corrected chi connectivity index (χ3v) is 7.72. The molecule has 3 atom stereocenters. The molecule has 0 bridgehead atoms. The molecule has 0 spiro atoms. The Kier molecular flexibility index (Phi) is 4.36. The van der Waals surface area contributed by atoms with Crippen LogP contribution in [0.1, 0.15) is 69.4 Å². The summed E-state index contributed by atoms with van der Waals surface area (Å²) < 4.78 is 0. The van der Waals surface area contributed by atoms with Gasteiger partial charge in [0, 0.05) is 18.0 Å². The highest BCUT2D eigenvalue weighted by Crippen LogP contribution is 2.56. The van der Waals surface area contributed by atoms with Crippen molar-refractivity contribution in [3.8, 4) is 5.75 Å². The van der Waals surface area contributed by atoms with Crippen LogP contribution in [0.2, 0.25) is 0 Å². The first-order chi connectivity index (χ1) is 12.0. The lowest BCUT2D eigenvalue weighted by Gasteiger charge is -2.60. The number of likely N-dealkylation sites (N-methyl/N-ethyl adjacent to an activating group) is 1. The molecule has 4 rings (SSSR count).